The average molecular weight is 388 g/mol. The molecule has 0 saturated heterocycles. The fraction of sp³-hybridized carbons (Fsp3) is 0.350. The van der Waals surface area contributed by atoms with Crippen LogP contribution in [0.3, 0.4) is 0 Å². The van der Waals surface area contributed by atoms with Crippen LogP contribution in [-0.2, 0) is 9.53 Å². The van der Waals surface area contributed by atoms with Crippen LogP contribution in [0, 0.1) is 6.92 Å². The van der Waals surface area contributed by atoms with E-state index in [4.69, 9.17) is 14.2 Å². The predicted molar refractivity (Wildman–Crippen MR) is 102 cm³/mol. The van der Waals surface area contributed by atoms with Crippen molar-refractivity contribution < 1.29 is 28.6 Å². The first kappa shape index (κ1) is 21.0. The van der Waals surface area contributed by atoms with Crippen molar-refractivity contribution in [3.63, 3.8) is 0 Å². The summed E-state index contributed by atoms with van der Waals surface area (Å²) in [5.74, 6) is -1.03. The molecule has 0 bridgehead atoms. The molecule has 1 amide bonds. The molecule has 0 N–H and O–H groups in total. The summed E-state index contributed by atoms with van der Waals surface area (Å²) in [4.78, 5) is 38.7. The third-order valence-electron chi connectivity index (χ3n) is 4.01. The molecule has 150 valence electrons. The van der Waals surface area contributed by atoms with E-state index < -0.39 is 11.9 Å². The maximum atomic E-state index is 12.9. The van der Waals surface area contributed by atoms with Gasteiger partial charge in [-0.1, -0.05) is 0 Å². The van der Waals surface area contributed by atoms with E-state index in [0.717, 1.165) is 0 Å². The van der Waals surface area contributed by atoms with Crippen LogP contribution in [0.4, 0.5) is 0 Å². The van der Waals surface area contributed by atoms with Crippen LogP contribution < -0.4 is 9.47 Å². The Labute approximate surface area is 163 Å². The SMILES string of the molecule is CCOC(=O)c1c(OC(C)=O)c(C)c(C(=O)N(C)C)n1-c1ccc(OC)cc1. The summed E-state index contributed by atoms with van der Waals surface area (Å²) < 4.78 is 17.1. The number of ether oxygens (including phenoxy) is 3. The molecule has 0 saturated carbocycles. The van der Waals surface area contributed by atoms with E-state index in [9.17, 15) is 14.4 Å². The van der Waals surface area contributed by atoms with Crippen molar-refractivity contribution in [1.29, 1.82) is 0 Å². The van der Waals surface area contributed by atoms with Crippen molar-refractivity contribution in [2.24, 2.45) is 0 Å². The van der Waals surface area contributed by atoms with E-state index in [1.807, 2.05) is 0 Å². The molecule has 0 unspecified atom stereocenters. The van der Waals surface area contributed by atoms with Gasteiger partial charge in [-0.05, 0) is 38.1 Å². The predicted octanol–water partition coefficient (Wildman–Crippen LogP) is 2.60. The van der Waals surface area contributed by atoms with Crippen LogP contribution >= 0.6 is 0 Å². The third-order valence-corrected chi connectivity index (χ3v) is 4.01. The zero-order valence-corrected chi connectivity index (χ0v) is 16.9. The van der Waals surface area contributed by atoms with Gasteiger partial charge in [0.25, 0.3) is 5.91 Å². The Morgan fingerprint density at radius 1 is 1.07 bits per heavy atom. The van der Waals surface area contributed by atoms with E-state index >= 15 is 0 Å². The van der Waals surface area contributed by atoms with E-state index in [1.165, 1.54) is 16.4 Å². The summed E-state index contributed by atoms with van der Waals surface area (Å²) in [5.41, 5.74) is 1.07. The molecular weight excluding hydrogens is 364 g/mol. The minimum absolute atomic E-state index is 0.00645. The molecule has 1 aromatic heterocycles. The van der Waals surface area contributed by atoms with Crippen LogP contribution in [0.15, 0.2) is 24.3 Å². The first-order valence-electron chi connectivity index (χ1n) is 8.69. The molecule has 1 aromatic carbocycles. The number of rotatable bonds is 6. The van der Waals surface area contributed by atoms with Crippen LogP contribution in [0.5, 0.6) is 11.5 Å². The smallest absolute Gasteiger partial charge is 0.359 e. The number of nitrogens with zero attached hydrogens (tertiary/aromatic N) is 2. The van der Waals surface area contributed by atoms with E-state index in [-0.39, 0.29) is 29.7 Å². The van der Waals surface area contributed by atoms with Gasteiger partial charge in [-0.2, -0.15) is 0 Å². The topological polar surface area (TPSA) is 87.1 Å². The van der Waals surface area contributed by atoms with Crippen molar-refractivity contribution in [1.82, 2.24) is 9.47 Å². The second-order valence-electron chi connectivity index (χ2n) is 6.20. The van der Waals surface area contributed by atoms with Crippen molar-refractivity contribution in [2.75, 3.05) is 27.8 Å². The van der Waals surface area contributed by atoms with E-state index in [0.29, 0.717) is 17.0 Å². The quantitative estimate of drug-likeness (QED) is 0.707. The molecular formula is C20H24N2O6. The molecule has 2 rings (SSSR count). The van der Waals surface area contributed by atoms with Gasteiger partial charge in [0.05, 0.1) is 13.7 Å². The molecule has 1 heterocycles. The Bertz CT molecular complexity index is 896. The first-order chi connectivity index (χ1) is 13.2. The van der Waals surface area contributed by atoms with Gasteiger partial charge >= 0.3 is 11.9 Å². The maximum absolute atomic E-state index is 12.9. The Hall–Kier alpha value is -3.29. The highest BCUT2D eigenvalue weighted by Gasteiger charge is 2.33. The lowest BCUT2D eigenvalue weighted by molar-refractivity contribution is -0.131. The molecule has 8 heteroatoms. The Morgan fingerprint density at radius 3 is 2.14 bits per heavy atom. The highest BCUT2D eigenvalue weighted by molar-refractivity contribution is 6.01. The number of hydrogen-bond acceptors (Lipinski definition) is 6. The van der Waals surface area contributed by atoms with Gasteiger partial charge in [-0.3, -0.25) is 14.2 Å². The van der Waals surface area contributed by atoms with E-state index in [2.05, 4.69) is 0 Å². The summed E-state index contributed by atoms with van der Waals surface area (Å²) in [5, 5.41) is 0. The zero-order valence-electron chi connectivity index (χ0n) is 16.9. The number of carbonyl (C=O) groups excluding carboxylic acids is 3. The standard InChI is InChI=1S/C20H24N2O6/c1-7-27-20(25)17-18(28-13(3)23)12(2)16(19(24)21(4)5)22(17)14-8-10-15(26-6)11-9-14/h8-11H,7H2,1-6H3. The molecule has 2 aromatic rings. The van der Waals surface area contributed by atoms with E-state index in [1.54, 1.807) is 59.3 Å². The first-order valence-corrected chi connectivity index (χ1v) is 8.69. The summed E-state index contributed by atoms with van der Waals surface area (Å²) in [6.45, 7) is 4.65. The lowest BCUT2D eigenvalue weighted by Gasteiger charge is -2.16. The Balaban J connectivity index is 2.87. The van der Waals surface area contributed by atoms with Gasteiger partial charge in [-0.15, -0.1) is 0 Å². The number of methoxy groups -OCH3 is 1. The molecule has 0 aliphatic rings. The van der Waals surface area contributed by atoms with Gasteiger partial charge in [0.1, 0.15) is 11.4 Å². The number of benzene rings is 1. The fourth-order valence-corrected chi connectivity index (χ4v) is 2.78. The molecule has 0 spiro atoms. The number of hydrogen-bond donors (Lipinski definition) is 0. The Morgan fingerprint density at radius 2 is 1.68 bits per heavy atom. The molecule has 0 aliphatic heterocycles. The van der Waals surface area contributed by atoms with Gasteiger partial charge in [-0.25, -0.2) is 4.79 Å². The largest absolute Gasteiger partial charge is 0.497 e. The second-order valence-corrected chi connectivity index (χ2v) is 6.20. The van der Waals surface area contributed by atoms with Crippen molar-refractivity contribution >= 4 is 17.8 Å². The normalized spacial score (nSPS) is 10.4. The summed E-state index contributed by atoms with van der Waals surface area (Å²) in [6, 6.07) is 6.81. The van der Waals surface area contributed by atoms with Crippen LogP contribution in [0.2, 0.25) is 0 Å². The Kier molecular flexibility index (Phi) is 6.45. The molecule has 0 fully saturated rings. The number of aromatic nitrogens is 1. The molecule has 0 aliphatic carbocycles. The fourth-order valence-electron chi connectivity index (χ4n) is 2.78. The van der Waals surface area contributed by atoms with Crippen molar-refractivity contribution in [3.8, 4) is 17.2 Å². The summed E-state index contributed by atoms with van der Waals surface area (Å²) in [7, 11) is 4.74. The lowest BCUT2D eigenvalue weighted by atomic mass is 10.2. The highest BCUT2D eigenvalue weighted by atomic mass is 16.5. The molecule has 0 radical (unpaired) electrons. The monoisotopic (exact) mass is 388 g/mol. The van der Waals surface area contributed by atoms with Gasteiger partial charge in [0, 0.05) is 32.3 Å². The van der Waals surface area contributed by atoms with Crippen molar-refractivity contribution in [2.45, 2.75) is 20.8 Å². The molecule has 0 atom stereocenters. The third kappa shape index (κ3) is 4.00. The minimum atomic E-state index is -0.699. The summed E-state index contributed by atoms with van der Waals surface area (Å²) in [6.07, 6.45) is 0. The number of amides is 1. The molecule has 8 nitrogen and oxygen atoms in total. The van der Waals surface area contributed by atoms with Gasteiger partial charge in [0.2, 0.25) is 0 Å². The van der Waals surface area contributed by atoms with Crippen molar-refractivity contribution in [3.05, 3.63) is 41.2 Å². The molecule has 28 heavy (non-hydrogen) atoms. The zero-order chi connectivity index (χ0) is 21.0. The minimum Gasteiger partial charge on any atom is -0.497 e. The van der Waals surface area contributed by atoms with Crippen LogP contribution in [0.1, 0.15) is 40.4 Å². The average Bonchev–Trinajstić information content (AvgIpc) is 2.93. The lowest BCUT2D eigenvalue weighted by Crippen LogP contribution is -2.26. The number of carbonyl (C=O) groups is 3. The second kappa shape index (κ2) is 8.60. The van der Waals surface area contributed by atoms with Gasteiger partial charge in [0.15, 0.2) is 11.4 Å². The summed E-state index contributed by atoms with van der Waals surface area (Å²) >= 11 is 0. The van der Waals surface area contributed by atoms with Gasteiger partial charge < -0.3 is 19.1 Å². The maximum Gasteiger partial charge on any atom is 0.359 e. The number of esters is 2. The van der Waals surface area contributed by atoms with Crippen LogP contribution in [-0.4, -0.2) is 55.1 Å². The highest BCUT2D eigenvalue weighted by Crippen LogP contribution is 2.35. The van der Waals surface area contributed by atoms with Crippen LogP contribution in [0.25, 0.3) is 5.69 Å².